The van der Waals surface area contributed by atoms with Gasteiger partial charge in [-0.05, 0) is 50.1 Å². The fourth-order valence-electron chi connectivity index (χ4n) is 4.08. The Balaban J connectivity index is 1.36. The highest BCUT2D eigenvalue weighted by atomic mass is 19.1. The molecule has 2 aromatic heterocycles. The van der Waals surface area contributed by atoms with E-state index in [-0.39, 0.29) is 17.6 Å². The van der Waals surface area contributed by atoms with Gasteiger partial charge in [-0.25, -0.2) is 13.9 Å². The molecule has 32 heavy (non-hydrogen) atoms. The molecular weight excluding hydrogens is 411 g/mol. The smallest absolute Gasteiger partial charge is 0.253 e. The summed E-state index contributed by atoms with van der Waals surface area (Å²) < 4.78 is 14.7. The third-order valence-electron chi connectivity index (χ3n) is 5.93. The second-order valence-electron chi connectivity index (χ2n) is 7.85. The Morgan fingerprint density at radius 1 is 1.09 bits per heavy atom. The molecule has 0 spiro atoms. The van der Waals surface area contributed by atoms with Gasteiger partial charge in [0.25, 0.3) is 5.91 Å². The number of rotatable bonds is 4. The van der Waals surface area contributed by atoms with Crippen molar-refractivity contribution < 1.29 is 14.0 Å². The summed E-state index contributed by atoms with van der Waals surface area (Å²) in [5, 5.41) is 13.4. The predicted octanol–water partition coefficient (Wildman–Crippen LogP) is 2.27. The first-order valence-electron chi connectivity index (χ1n) is 10.5. The molecule has 1 aliphatic rings. The number of halogens is 1. The van der Waals surface area contributed by atoms with Crippen molar-refractivity contribution in [2.75, 3.05) is 26.2 Å². The van der Waals surface area contributed by atoms with Crippen LogP contribution in [-0.2, 0) is 11.2 Å². The van der Waals surface area contributed by atoms with Crippen LogP contribution in [0.4, 0.5) is 4.39 Å². The molecule has 0 radical (unpaired) electrons. The van der Waals surface area contributed by atoms with E-state index in [0.29, 0.717) is 55.8 Å². The van der Waals surface area contributed by atoms with E-state index in [4.69, 9.17) is 0 Å². The number of aryl methyl sites for hydroxylation is 2. The lowest BCUT2D eigenvalue weighted by Crippen LogP contribution is -2.50. The number of benzene rings is 1. The van der Waals surface area contributed by atoms with Gasteiger partial charge in [-0.15, -0.1) is 0 Å². The van der Waals surface area contributed by atoms with Gasteiger partial charge in [0.2, 0.25) is 5.91 Å². The van der Waals surface area contributed by atoms with Gasteiger partial charge in [-0.2, -0.15) is 10.4 Å². The zero-order valence-electron chi connectivity index (χ0n) is 18.0. The lowest BCUT2D eigenvalue weighted by atomic mass is 10.1. The van der Waals surface area contributed by atoms with Crippen LogP contribution in [0.1, 0.15) is 39.3 Å². The normalized spacial score (nSPS) is 13.9. The van der Waals surface area contributed by atoms with Gasteiger partial charge in [0.15, 0.2) is 5.65 Å². The second kappa shape index (κ2) is 8.75. The second-order valence-corrected chi connectivity index (χ2v) is 7.85. The number of fused-ring (bicyclic) bond motifs is 1. The molecule has 0 unspecified atom stereocenters. The van der Waals surface area contributed by atoms with Crippen LogP contribution < -0.4 is 0 Å². The molecule has 3 aromatic rings. The van der Waals surface area contributed by atoms with Gasteiger partial charge >= 0.3 is 0 Å². The first-order valence-corrected chi connectivity index (χ1v) is 10.5. The van der Waals surface area contributed by atoms with E-state index in [2.05, 4.69) is 16.2 Å². The fourth-order valence-corrected chi connectivity index (χ4v) is 4.08. The summed E-state index contributed by atoms with van der Waals surface area (Å²) in [6.07, 6.45) is 2.35. The lowest BCUT2D eigenvalue weighted by molar-refractivity contribution is -0.132. The monoisotopic (exact) mass is 434 g/mol. The Hall–Kier alpha value is -3.80. The van der Waals surface area contributed by atoms with Crippen molar-refractivity contribution in [3.63, 3.8) is 0 Å². The third-order valence-corrected chi connectivity index (χ3v) is 5.93. The topological polar surface area (TPSA) is 94.6 Å². The summed E-state index contributed by atoms with van der Waals surface area (Å²) in [7, 11) is 0. The van der Waals surface area contributed by atoms with E-state index in [1.54, 1.807) is 14.3 Å². The number of amides is 2. The van der Waals surface area contributed by atoms with Crippen molar-refractivity contribution >= 4 is 17.5 Å². The van der Waals surface area contributed by atoms with Gasteiger partial charge < -0.3 is 9.80 Å². The van der Waals surface area contributed by atoms with Crippen LogP contribution in [0.2, 0.25) is 0 Å². The van der Waals surface area contributed by atoms with Crippen molar-refractivity contribution in [2.45, 2.75) is 26.7 Å². The van der Waals surface area contributed by atoms with E-state index < -0.39 is 0 Å². The van der Waals surface area contributed by atoms with Crippen molar-refractivity contribution in [1.29, 1.82) is 5.26 Å². The van der Waals surface area contributed by atoms with Crippen LogP contribution >= 0.6 is 0 Å². The molecule has 9 heteroatoms. The molecule has 1 aromatic carbocycles. The number of nitriles is 1. The molecule has 2 amide bonds. The average Bonchev–Trinajstić information content (AvgIpc) is 3.22. The molecule has 0 N–H and O–H groups in total. The SMILES string of the molecule is Cc1nc2c(C#N)cnn2c(C)c1CCC(=O)N1CCN(C(=O)c2ccc(F)cc2)CC1. The molecule has 0 atom stereocenters. The summed E-state index contributed by atoms with van der Waals surface area (Å²) >= 11 is 0. The largest absolute Gasteiger partial charge is 0.339 e. The Morgan fingerprint density at radius 2 is 1.75 bits per heavy atom. The standard InChI is InChI=1S/C23H23FN6O2/c1-15-20(16(2)30-22(27-15)18(13-25)14-26-30)7-8-21(31)28-9-11-29(12-10-28)23(32)17-3-5-19(24)6-4-17/h3-6,14H,7-12H2,1-2H3. The number of hydrogen-bond acceptors (Lipinski definition) is 5. The van der Waals surface area contributed by atoms with E-state index in [0.717, 1.165) is 17.0 Å². The van der Waals surface area contributed by atoms with Gasteiger partial charge in [-0.1, -0.05) is 0 Å². The summed E-state index contributed by atoms with van der Waals surface area (Å²) in [5.74, 6) is -0.510. The summed E-state index contributed by atoms with van der Waals surface area (Å²) in [4.78, 5) is 33.3. The lowest BCUT2D eigenvalue weighted by Gasteiger charge is -2.35. The third kappa shape index (κ3) is 4.04. The Bertz CT molecular complexity index is 1220. The molecule has 3 heterocycles. The molecule has 0 saturated carbocycles. The highest BCUT2D eigenvalue weighted by Gasteiger charge is 2.25. The number of piperazine rings is 1. The zero-order chi connectivity index (χ0) is 22.8. The van der Waals surface area contributed by atoms with Gasteiger partial charge in [0.1, 0.15) is 17.4 Å². The molecule has 4 rings (SSSR count). The first kappa shape index (κ1) is 21.4. The van der Waals surface area contributed by atoms with Gasteiger partial charge in [0, 0.05) is 49.6 Å². The maximum Gasteiger partial charge on any atom is 0.253 e. The summed E-state index contributed by atoms with van der Waals surface area (Å²) in [5.41, 5.74) is 4.00. The predicted molar refractivity (Wildman–Crippen MR) is 114 cm³/mol. The van der Waals surface area contributed by atoms with Crippen LogP contribution in [0.5, 0.6) is 0 Å². The van der Waals surface area contributed by atoms with Gasteiger partial charge in [-0.3, -0.25) is 9.59 Å². The summed E-state index contributed by atoms with van der Waals surface area (Å²) in [6, 6.07) is 7.59. The van der Waals surface area contributed by atoms with E-state index in [1.165, 1.54) is 30.5 Å². The number of carbonyl (C=O) groups is 2. The summed E-state index contributed by atoms with van der Waals surface area (Å²) in [6.45, 7) is 5.60. The maximum absolute atomic E-state index is 13.1. The van der Waals surface area contributed by atoms with E-state index in [9.17, 15) is 19.2 Å². The molecule has 1 fully saturated rings. The first-order chi connectivity index (χ1) is 15.4. The van der Waals surface area contributed by atoms with Crippen molar-refractivity contribution in [3.05, 3.63) is 64.4 Å². The van der Waals surface area contributed by atoms with Crippen LogP contribution in [0.25, 0.3) is 5.65 Å². The minimum Gasteiger partial charge on any atom is -0.339 e. The number of hydrogen-bond donors (Lipinski definition) is 0. The van der Waals surface area contributed by atoms with Crippen LogP contribution in [-0.4, -0.2) is 62.4 Å². The number of carbonyl (C=O) groups excluding carboxylic acids is 2. The quantitative estimate of drug-likeness (QED) is 0.628. The van der Waals surface area contributed by atoms with Gasteiger partial charge in [0.05, 0.1) is 6.20 Å². The van der Waals surface area contributed by atoms with Crippen LogP contribution in [0.3, 0.4) is 0 Å². The fraction of sp³-hybridized carbons (Fsp3) is 0.348. The highest BCUT2D eigenvalue weighted by molar-refractivity contribution is 5.94. The van der Waals surface area contributed by atoms with Crippen molar-refractivity contribution in [3.8, 4) is 6.07 Å². The number of nitrogens with zero attached hydrogens (tertiary/aromatic N) is 6. The van der Waals surface area contributed by atoms with Crippen molar-refractivity contribution in [1.82, 2.24) is 24.4 Å². The average molecular weight is 434 g/mol. The minimum atomic E-state index is -0.380. The molecule has 1 aliphatic heterocycles. The van der Waals surface area contributed by atoms with Crippen LogP contribution in [0, 0.1) is 31.0 Å². The number of aromatic nitrogens is 3. The Labute approximate surface area is 184 Å². The zero-order valence-corrected chi connectivity index (χ0v) is 18.0. The Morgan fingerprint density at radius 3 is 2.41 bits per heavy atom. The van der Waals surface area contributed by atoms with Crippen LogP contribution in [0.15, 0.2) is 30.5 Å². The Kier molecular flexibility index (Phi) is 5.86. The molecule has 1 saturated heterocycles. The van der Waals surface area contributed by atoms with Crippen molar-refractivity contribution in [2.24, 2.45) is 0 Å². The maximum atomic E-state index is 13.1. The van der Waals surface area contributed by atoms with E-state index in [1.807, 2.05) is 13.8 Å². The highest BCUT2D eigenvalue weighted by Crippen LogP contribution is 2.19. The van der Waals surface area contributed by atoms with E-state index >= 15 is 0 Å². The molecule has 8 nitrogen and oxygen atoms in total. The molecular formula is C23H23FN6O2. The minimum absolute atomic E-state index is 0.0240. The molecule has 164 valence electrons. The molecule has 0 bridgehead atoms. The molecule has 0 aliphatic carbocycles.